The summed E-state index contributed by atoms with van der Waals surface area (Å²) in [6.07, 6.45) is 6.72. The van der Waals surface area contributed by atoms with E-state index in [2.05, 4.69) is 14.9 Å². The van der Waals surface area contributed by atoms with Gasteiger partial charge in [-0.25, -0.2) is 4.98 Å². The summed E-state index contributed by atoms with van der Waals surface area (Å²) in [6, 6.07) is 0.198. The summed E-state index contributed by atoms with van der Waals surface area (Å²) in [5.74, 6) is 0.0159. The lowest BCUT2D eigenvalue weighted by Gasteiger charge is -2.29. The minimum Gasteiger partial charge on any atom is -0.327 e. The van der Waals surface area contributed by atoms with Crippen molar-refractivity contribution in [3.63, 3.8) is 0 Å². The highest BCUT2D eigenvalue weighted by molar-refractivity contribution is 5.95. The molecule has 0 unspecified atom stereocenters. The highest BCUT2D eigenvalue weighted by atomic mass is 16.1. The fraction of sp³-hybridized carbons (Fsp3) is 0.545. The van der Waals surface area contributed by atoms with Gasteiger partial charge in [0.1, 0.15) is 5.69 Å². The molecule has 0 saturated carbocycles. The van der Waals surface area contributed by atoms with E-state index in [1.165, 1.54) is 12.4 Å². The number of hydrogen-bond donors (Lipinski definition) is 1. The number of Topliss-reactive ketones (excluding diaryl/α,β-unsaturated/α-hetero) is 1. The zero-order chi connectivity index (χ0) is 11.4. The van der Waals surface area contributed by atoms with E-state index in [4.69, 9.17) is 5.73 Å². The maximum atomic E-state index is 11.8. The van der Waals surface area contributed by atoms with E-state index in [1.807, 2.05) is 0 Å². The van der Waals surface area contributed by atoms with Crippen molar-refractivity contribution in [2.75, 3.05) is 19.6 Å². The van der Waals surface area contributed by atoms with Crippen molar-refractivity contribution in [3.8, 4) is 0 Å². The van der Waals surface area contributed by atoms with Crippen molar-refractivity contribution in [1.82, 2.24) is 14.9 Å². The van der Waals surface area contributed by atoms with Crippen LogP contribution in [0.2, 0.25) is 0 Å². The van der Waals surface area contributed by atoms with Crippen LogP contribution < -0.4 is 5.73 Å². The van der Waals surface area contributed by atoms with Crippen molar-refractivity contribution in [2.45, 2.75) is 18.9 Å². The number of piperidine rings is 1. The molecule has 1 aromatic heterocycles. The van der Waals surface area contributed by atoms with Crippen LogP contribution in [0.1, 0.15) is 23.3 Å². The van der Waals surface area contributed by atoms with Crippen LogP contribution >= 0.6 is 0 Å². The SMILES string of the molecule is N[C@H]1CCCN(CC(=O)c2cnccn2)C1. The molecule has 2 heterocycles. The Kier molecular flexibility index (Phi) is 3.58. The Labute approximate surface area is 94.7 Å². The summed E-state index contributed by atoms with van der Waals surface area (Å²) in [5.41, 5.74) is 6.29. The van der Waals surface area contributed by atoms with Crippen molar-refractivity contribution in [2.24, 2.45) is 5.73 Å². The monoisotopic (exact) mass is 220 g/mol. The number of carbonyl (C=O) groups is 1. The Hall–Kier alpha value is -1.33. The molecule has 1 aliphatic heterocycles. The zero-order valence-corrected chi connectivity index (χ0v) is 9.17. The van der Waals surface area contributed by atoms with E-state index in [1.54, 1.807) is 6.20 Å². The first kappa shape index (κ1) is 11.2. The average Bonchev–Trinajstić information content (AvgIpc) is 2.30. The lowest BCUT2D eigenvalue weighted by molar-refractivity contribution is 0.0903. The van der Waals surface area contributed by atoms with E-state index < -0.39 is 0 Å². The van der Waals surface area contributed by atoms with Gasteiger partial charge in [-0.1, -0.05) is 0 Å². The molecule has 0 aromatic carbocycles. The first-order valence-corrected chi connectivity index (χ1v) is 5.53. The molecule has 16 heavy (non-hydrogen) atoms. The molecule has 2 rings (SSSR count). The van der Waals surface area contributed by atoms with Gasteiger partial charge in [0.2, 0.25) is 0 Å². The lowest BCUT2D eigenvalue weighted by Crippen LogP contribution is -2.44. The Morgan fingerprint density at radius 2 is 2.44 bits per heavy atom. The van der Waals surface area contributed by atoms with Gasteiger partial charge in [0.25, 0.3) is 0 Å². The fourth-order valence-corrected chi connectivity index (χ4v) is 1.96. The van der Waals surface area contributed by atoms with Gasteiger partial charge in [-0.15, -0.1) is 0 Å². The summed E-state index contributed by atoms with van der Waals surface area (Å²) in [4.78, 5) is 21.8. The summed E-state index contributed by atoms with van der Waals surface area (Å²) in [5, 5.41) is 0. The van der Waals surface area contributed by atoms with E-state index in [9.17, 15) is 4.79 Å². The fourth-order valence-electron chi connectivity index (χ4n) is 1.96. The van der Waals surface area contributed by atoms with Gasteiger partial charge in [0.15, 0.2) is 5.78 Å². The van der Waals surface area contributed by atoms with Gasteiger partial charge < -0.3 is 5.73 Å². The molecular formula is C11H16N4O. The summed E-state index contributed by atoms with van der Waals surface area (Å²) >= 11 is 0. The highest BCUT2D eigenvalue weighted by Gasteiger charge is 2.19. The van der Waals surface area contributed by atoms with E-state index in [0.717, 1.165) is 25.9 Å². The third-order valence-corrected chi connectivity index (χ3v) is 2.76. The van der Waals surface area contributed by atoms with Crippen LogP contribution in [0, 0.1) is 0 Å². The molecule has 1 fully saturated rings. The number of hydrogen-bond acceptors (Lipinski definition) is 5. The number of aromatic nitrogens is 2. The average molecular weight is 220 g/mol. The molecule has 5 heteroatoms. The van der Waals surface area contributed by atoms with Crippen molar-refractivity contribution in [1.29, 1.82) is 0 Å². The van der Waals surface area contributed by atoms with Crippen molar-refractivity contribution < 1.29 is 4.79 Å². The standard InChI is InChI=1S/C11H16N4O/c12-9-2-1-5-15(7-9)8-11(16)10-6-13-3-4-14-10/h3-4,6,9H,1-2,5,7-8,12H2/t9-/m0/s1. The number of likely N-dealkylation sites (tertiary alicyclic amines) is 1. The predicted octanol–water partition coefficient (Wildman–Crippen LogP) is 0.0824. The van der Waals surface area contributed by atoms with Crippen LogP contribution in [-0.4, -0.2) is 46.3 Å². The summed E-state index contributed by atoms with van der Waals surface area (Å²) in [6.45, 7) is 2.14. The minimum atomic E-state index is 0.0159. The van der Waals surface area contributed by atoms with Gasteiger partial charge in [0, 0.05) is 25.0 Å². The van der Waals surface area contributed by atoms with Crippen LogP contribution in [-0.2, 0) is 0 Å². The number of carbonyl (C=O) groups excluding carboxylic acids is 1. The Morgan fingerprint density at radius 3 is 3.12 bits per heavy atom. The second-order valence-electron chi connectivity index (χ2n) is 4.15. The summed E-state index contributed by atoms with van der Waals surface area (Å²) < 4.78 is 0. The molecule has 86 valence electrons. The van der Waals surface area contributed by atoms with Crippen LogP contribution in [0.25, 0.3) is 0 Å². The maximum Gasteiger partial charge on any atom is 0.196 e. The molecule has 0 amide bonds. The molecule has 5 nitrogen and oxygen atoms in total. The van der Waals surface area contributed by atoms with Crippen LogP contribution in [0.4, 0.5) is 0 Å². The molecule has 1 atom stereocenters. The van der Waals surface area contributed by atoms with Gasteiger partial charge in [-0.05, 0) is 19.4 Å². The normalized spacial score (nSPS) is 21.9. The third-order valence-electron chi connectivity index (χ3n) is 2.76. The van der Waals surface area contributed by atoms with E-state index >= 15 is 0 Å². The molecule has 1 saturated heterocycles. The number of nitrogens with two attached hydrogens (primary N) is 1. The number of nitrogens with zero attached hydrogens (tertiary/aromatic N) is 3. The Balaban J connectivity index is 1.92. The molecule has 0 bridgehead atoms. The summed E-state index contributed by atoms with van der Waals surface area (Å²) in [7, 11) is 0. The van der Waals surface area contributed by atoms with Crippen molar-refractivity contribution in [3.05, 3.63) is 24.3 Å². The lowest BCUT2D eigenvalue weighted by atomic mass is 10.1. The molecular weight excluding hydrogens is 204 g/mol. The first-order valence-electron chi connectivity index (χ1n) is 5.53. The van der Waals surface area contributed by atoms with Gasteiger partial charge in [-0.3, -0.25) is 14.7 Å². The predicted molar refractivity (Wildman–Crippen MR) is 60.0 cm³/mol. The van der Waals surface area contributed by atoms with Crippen molar-refractivity contribution >= 4 is 5.78 Å². The van der Waals surface area contributed by atoms with Crippen LogP contribution in [0.5, 0.6) is 0 Å². The Morgan fingerprint density at radius 1 is 1.56 bits per heavy atom. The van der Waals surface area contributed by atoms with E-state index in [0.29, 0.717) is 12.2 Å². The number of rotatable bonds is 3. The van der Waals surface area contributed by atoms with Gasteiger partial charge in [-0.2, -0.15) is 0 Å². The maximum absolute atomic E-state index is 11.8. The van der Waals surface area contributed by atoms with Gasteiger partial charge >= 0.3 is 0 Å². The topological polar surface area (TPSA) is 72.1 Å². The third kappa shape index (κ3) is 2.84. The quantitative estimate of drug-likeness (QED) is 0.730. The van der Waals surface area contributed by atoms with Crippen LogP contribution in [0.3, 0.4) is 0 Å². The molecule has 1 aromatic rings. The molecule has 0 radical (unpaired) electrons. The second-order valence-corrected chi connectivity index (χ2v) is 4.15. The highest BCUT2D eigenvalue weighted by Crippen LogP contribution is 2.08. The smallest absolute Gasteiger partial charge is 0.196 e. The number of ketones is 1. The largest absolute Gasteiger partial charge is 0.327 e. The first-order chi connectivity index (χ1) is 7.75. The molecule has 1 aliphatic rings. The molecule has 0 aliphatic carbocycles. The minimum absolute atomic E-state index is 0.0159. The zero-order valence-electron chi connectivity index (χ0n) is 9.17. The van der Waals surface area contributed by atoms with E-state index in [-0.39, 0.29) is 11.8 Å². The molecule has 2 N–H and O–H groups in total. The van der Waals surface area contributed by atoms with Crippen LogP contribution in [0.15, 0.2) is 18.6 Å². The second kappa shape index (κ2) is 5.14. The Bertz CT molecular complexity index is 354. The molecule has 0 spiro atoms. The van der Waals surface area contributed by atoms with Gasteiger partial charge in [0.05, 0.1) is 12.7 Å².